The van der Waals surface area contributed by atoms with Crippen molar-refractivity contribution in [3.8, 4) is 17.2 Å². The molecule has 6 heteroatoms. The fraction of sp³-hybridized carbons (Fsp3) is 0.238. The van der Waals surface area contributed by atoms with E-state index in [1.54, 1.807) is 15.8 Å². The Kier molecular flexibility index (Phi) is 4.54. The van der Waals surface area contributed by atoms with Crippen molar-refractivity contribution in [1.29, 1.82) is 0 Å². The van der Waals surface area contributed by atoms with Crippen LogP contribution in [0.2, 0.25) is 0 Å². The standard InChI is InChI=1S/C21H21N3O3/c1-3-26-19-13-23(16-9-5-4-6-10-16)22-20(19)21(25)24-15(2)14-27-18-12-8-7-11-17(18)24/h4-13,15H,3,14H2,1-2H3/t15-/m0/s1. The number of hydrogen-bond acceptors (Lipinski definition) is 4. The minimum Gasteiger partial charge on any atom is -0.490 e. The van der Waals surface area contributed by atoms with Gasteiger partial charge in [0.2, 0.25) is 0 Å². The Morgan fingerprint density at radius 3 is 2.70 bits per heavy atom. The van der Waals surface area contributed by atoms with E-state index in [1.807, 2.05) is 68.4 Å². The van der Waals surface area contributed by atoms with E-state index in [2.05, 4.69) is 5.10 Å². The van der Waals surface area contributed by atoms with Gasteiger partial charge in [0, 0.05) is 0 Å². The van der Waals surface area contributed by atoms with Crippen molar-refractivity contribution in [2.24, 2.45) is 0 Å². The Labute approximate surface area is 157 Å². The molecule has 1 aromatic heterocycles. The smallest absolute Gasteiger partial charge is 0.283 e. The second-order valence-corrected chi connectivity index (χ2v) is 6.36. The molecule has 0 radical (unpaired) electrons. The molecule has 1 aliphatic heterocycles. The minimum atomic E-state index is -0.198. The third-order valence-electron chi connectivity index (χ3n) is 4.47. The van der Waals surface area contributed by atoms with Crippen molar-refractivity contribution < 1.29 is 14.3 Å². The van der Waals surface area contributed by atoms with Crippen LogP contribution in [-0.2, 0) is 0 Å². The second kappa shape index (κ2) is 7.15. The molecule has 6 nitrogen and oxygen atoms in total. The maximum absolute atomic E-state index is 13.4. The number of rotatable bonds is 4. The highest BCUT2D eigenvalue weighted by atomic mass is 16.5. The summed E-state index contributed by atoms with van der Waals surface area (Å²) in [5.41, 5.74) is 1.91. The molecule has 3 aromatic rings. The number of aromatic nitrogens is 2. The molecule has 0 aliphatic carbocycles. The summed E-state index contributed by atoms with van der Waals surface area (Å²) in [6.07, 6.45) is 1.75. The second-order valence-electron chi connectivity index (χ2n) is 6.36. The van der Waals surface area contributed by atoms with E-state index < -0.39 is 0 Å². The fourth-order valence-electron chi connectivity index (χ4n) is 3.20. The molecule has 138 valence electrons. The summed E-state index contributed by atoms with van der Waals surface area (Å²) in [6, 6.07) is 17.1. The lowest BCUT2D eigenvalue weighted by Crippen LogP contribution is -2.45. The molecule has 1 amide bonds. The maximum atomic E-state index is 13.4. The highest BCUT2D eigenvalue weighted by Gasteiger charge is 2.33. The SMILES string of the molecule is CCOc1cn(-c2ccccc2)nc1C(=O)N1c2ccccc2OC[C@@H]1C. The zero-order valence-electron chi connectivity index (χ0n) is 15.3. The van der Waals surface area contributed by atoms with Crippen molar-refractivity contribution in [1.82, 2.24) is 9.78 Å². The van der Waals surface area contributed by atoms with Gasteiger partial charge in [0.1, 0.15) is 12.4 Å². The molecular weight excluding hydrogens is 342 g/mol. The topological polar surface area (TPSA) is 56.6 Å². The van der Waals surface area contributed by atoms with E-state index in [9.17, 15) is 4.79 Å². The number of hydrogen-bond donors (Lipinski definition) is 0. The average molecular weight is 363 g/mol. The van der Waals surface area contributed by atoms with Crippen molar-refractivity contribution >= 4 is 11.6 Å². The van der Waals surface area contributed by atoms with Crippen LogP contribution in [0, 0.1) is 0 Å². The first-order valence-electron chi connectivity index (χ1n) is 9.02. The number of ether oxygens (including phenoxy) is 2. The number of carbonyl (C=O) groups is 1. The number of anilines is 1. The third kappa shape index (κ3) is 3.14. The van der Waals surface area contributed by atoms with Crippen LogP contribution in [-0.4, -0.2) is 34.9 Å². The Bertz CT molecular complexity index is 952. The zero-order chi connectivity index (χ0) is 18.8. The molecule has 2 heterocycles. The zero-order valence-corrected chi connectivity index (χ0v) is 15.3. The number of carbonyl (C=O) groups excluding carboxylic acids is 1. The lowest BCUT2D eigenvalue weighted by Gasteiger charge is -2.34. The number of nitrogens with zero attached hydrogens (tertiary/aromatic N) is 3. The molecule has 0 N–H and O–H groups in total. The molecule has 0 bridgehead atoms. The van der Waals surface area contributed by atoms with Crippen LogP contribution in [0.3, 0.4) is 0 Å². The van der Waals surface area contributed by atoms with Gasteiger partial charge < -0.3 is 9.47 Å². The molecule has 1 atom stereocenters. The van der Waals surface area contributed by atoms with Gasteiger partial charge >= 0.3 is 0 Å². The van der Waals surface area contributed by atoms with Crippen molar-refractivity contribution in [2.75, 3.05) is 18.1 Å². The van der Waals surface area contributed by atoms with E-state index in [0.717, 1.165) is 11.4 Å². The molecule has 0 unspecified atom stereocenters. The van der Waals surface area contributed by atoms with Gasteiger partial charge in [-0.3, -0.25) is 9.69 Å². The third-order valence-corrected chi connectivity index (χ3v) is 4.47. The van der Waals surface area contributed by atoms with E-state index in [0.29, 0.717) is 30.4 Å². The van der Waals surface area contributed by atoms with Crippen LogP contribution in [0.4, 0.5) is 5.69 Å². The highest BCUT2D eigenvalue weighted by Crippen LogP contribution is 2.35. The van der Waals surface area contributed by atoms with E-state index in [1.165, 1.54) is 0 Å². The molecular formula is C21H21N3O3. The van der Waals surface area contributed by atoms with Crippen LogP contribution in [0.1, 0.15) is 24.3 Å². The molecule has 0 saturated heterocycles. The van der Waals surface area contributed by atoms with Gasteiger partial charge in [0.25, 0.3) is 5.91 Å². The summed E-state index contributed by atoms with van der Waals surface area (Å²) >= 11 is 0. The first-order chi connectivity index (χ1) is 13.2. The van der Waals surface area contributed by atoms with Crippen LogP contribution in [0.5, 0.6) is 11.5 Å². The van der Waals surface area contributed by atoms with Gasteiger partial charge in [0.15, 0.2) is 11.4 Å². The number of benzene rings is 2. The normalized spacial score (nSPS) is 15.8. The van der Waals surface area contributed by atoms with Gasteiger partial charge in [-0.2, -0.15) is 5.10 Å². The Morgan fingerprint density at radius 1 is 1.19 bits per heavy atom. The minimum absolute atomic E-state index is 0.108. The number of para-hydroxylation sites is 3. The van der Waals surface area contributed by atoms with Gasteiger partial charge in [0.05, 0.1) is 30.2 Å². The monoisotopic (exact) mass is 363 g/mol. The fourth-order valence-corrected chi connectivity index (χ4v) is 3.20. The van der Waals surface area contributed by atoms with E-state index >= 15 is 0 Å². The van der Waals surface area contributed by atoms with Crippen molar-refractivity contribution in [3.63, 3.8) is 0 Å². The van der Waals surface area contributed by atoms with Gasteiger partial charge in [-0.25, -0.2) is 4.68 Å². The van der Waals surface area contributed by atoms with Crippen molar-refractivity contribution in [2.45, 2.75) is 19.9 Å². The number of amides is 1. The first-order valence-corrected chi connectivity index (χ1v) is 9.02. The van der Waals surface area contributed by atoms with Crippen LogP contribution < -0.4 is 14.4 Å². The van der Waals surface area contributed by atoms with Crippen LogP contribution in [0.25, 0.3) is 5.69 Å². The van der Waals surface area contributed by atoms with E-state index in [4.69, 9.17) is 9.47 Å². The summed E-state index contributed by atoms with van der Waals surface area (Å²) in [5.74, 6) is 0.975. The Hall–Kier alpha value is -3.28. The molecule has 0 spiro atoms. The summed E-state index contributed by atoms with van der Waals surface area (Å²) < 4.78 is 13.1. The Balaban J connectivity index is 1.76. The average Bonchev–Trinajstić information content (AvgIpc) is 3.12. The molecule has 2 aromatic carbocycles. The maximum Gasteiger partial charge on any atom is 0.283 e. The molecule has 4 rings (SSSR count). The van der Waals surface area contributed by atoms with Gasteiger partial charge in [-0.1, -0.05) is 30.3 Å². The molecule has 27 heavy (non-hydrogen) atoms. The number of fused-ring (bicyclic) bond motifs is 1. The van der Waals surface area contributed by atoms with Gasteiger partial charge in [-0.05, 0) is 38.1 Å². The summed E-state index contributed by atoms with van der Waals surface area (Å²) in [6.45, 7) is 4.74. The summed E-state index contributed by atoms with van der Waals surface area (Å²) in [5, 5.41) is 4.54. The molecule has 0 fully saturated rings. The first kappa shape index (κ1) is 17.1. The van der Waals surface area contributed by atoms with Crippen molar-refractivity contribution in [3.05, 3.63) is 66.5 Å². The Morgan fingerprint density at radius 2 is 1.93 bits per heavy atom. The lowest BCUT2D eigenvalue weighted by atomic mass is 10.1. The van der Waals surface area contributed by atoms with Crippen LogP contribution >= 0.6 is 0 Å². The van der Waals surface area contributed by atoms with Gasteiger partial charge in [-0.15, -0.1) is 0 Å². The van der Waals surface area contributed by atoms with E-state index in [-0.39, 0.29) is 11.9 Å². The largest absolute Gasteiger partial charge is 0.490 e. The highest BCUT2D eigenvalue weighted by molar-refractivity contribution is 6.08. The lowest BCUT2D eigenvalue weighted by molar-refractivity contribution is 0.0952. The summed E-state index contributed by atoms with van der Waals surface area (Å²) in [4.78, 5) is 15.2. The van der Waals surface area contributed by atoms with Crippen LogP contribution in [0.15, 0.2) is 60.8 Å². The predicted octanol–water partition coefficient (Wildman–Crippen LogP) is 3.70. The summed E-state index contributed by atoms with van der Waals surface area (Å²) in [7, 11) is 0. The quantitative estimate of drug-likeness (QED) is 0.709. The predicted molar refractivity (Wildman–Crippen MR) is 103 cm³/mol. The molecule has 1 aliphatic rings. The molecule has 0 saturated carbocycles.